The minimum atomic E-state index is -0.360. The second-order valence-corrected chi connectivity index (χ2v) is 4.33. The molecule has 0 atom stereocenters. The van der Waals surface area contributed by atoms with Crippen molar-refractivity contribution in [2.24, 2.45) is 0 Å². The third-order valence-electron chi connectivity index (χ3n) is 2.22. The highest BCUT2D eigenvalue weighted by Crippen LogP contribution is 2.28. The Labute approximate surface area is 121 Å². The molecule has 0 spiro atoms. The summed E-state index contributed by atoms with van der Waals surface area (Å²) in [6, 6.07) is 5.46. The Morgan fingerprint density at radius 2 is 2.16 bits per heavy atom. The summed E-state index contributed by atoms with van der Waals surface area (Å²) in [5.41, 5.74) is 0.846. The zero-order valence-electron chi connectivity index (χ0n) is 11.0. The molecule has 1 rings (SSSR count). The maximum absolute atomic E-state index is 11.2. The van der Waals surface area contributed by atoms with Crippen molar-refractivity contribution in [1.82, 2.24) is 0 Å². The molecular weight excluding hydrogens is 312 g/mol. The molecule has 0 aromatic heterocycles. The first-order valence-electron chi connectivity index (χ1n) is 5.93. The molecule has 0 saturated heterocycles. The zero-order chi connectivity index (χ0) is 14.1. The second-order valence-electron chi connectivity index (χ2n) is 3.53. The van der Waals surface area contributed by atoms with Gasteiger partial charge in [0.2, 0.25) is 0 Å². The number of carbonyl (C=O) groups is 1. The van der Waals surface area contributed by atoms with Gasteiger partial charge in [0.15, 0.2) is 11.5 Å². The van der Waals surface area contributed by atoms with Crippen LogP contribution < -0.4 is 9.47 Å². The highest BCUT2D eigenvalue weighted by molar-refractivity contribution is 9.09. The summed E-state index contributed by atoms with van der Waals surface area (Å²) in [4.78, 5) is 11.2. The molecule has 0 unspecified atom stereocenters. The van der Waals surface area contributed by atoms with Crippen molar-refractivity contribution < 1.29 is 19.0 Å². The maximum atomic E-state index is 11.2. The van der Waals surface area contributed by atoms with Gasteiger partial charge in [0.05, 0.1) is 20.3 Å². The average molecular weight is 329 g/mol. The van der Waals surface area contributed by atoms with E-state index in [0.29, 0.717) is 24.7 Å². The number of hydrogen-bond donors (Lipinski definition) is 0. The highest BCUT2D eigenvalue weighted by Gasteiger charge is 2.04. The monoisotopic (exact) mass is 328 g/mol. The van der Waals surface area contributed by atoms with Crippen LogP contribution in [0.4, 0.5) is 0 Å². The molecule has 1 aromatic rings. The lowest BCUT2D eigenvalue weighted by Crippen LogP contribution is -2.00. The Morgan fingerprint density at radius 3 is 2.79 bits per heavy atom. The number of rotatable bonds is 7. The summed E-state index contributed by atoms with van der Waals surface area (Å²) in [5, 5.41) is 0.735. The summed E-state index contributed by atoms with van der Waals surface area (Å²) in [6.07, 6.45) is 3.07. The number of benzene rings is 1. The third kappa shape index (κ3) is 5.34. The smallest absolute Gasteiger partial charge is 0.330 e. The van der Waals surface area contributed by atoms with Crippen LogP contribution in [-0.2, 0) is 9.53 Å². The van der Waals surface area contributed by atoms with Crippen LogP contribution in [0.1, 0.15) is 12.5 Å². The van der Waals surface area contributed by atoms with Crippen molar-refractivity contribution in [3.8, 4) is 11.5 Å². The summed E-state index contributed by atoms with van der Waals surface area (Å²) >= 11 is 3.30. The Bertz CT molecular complexity index is 443. The standard InChI is InChI=1S/C14H17BrO4/c1-3-18-14(16)7-5-11-4-6-12(17-2)13(10-11)19-9-8-15/h4-7,10H,3,8-9H2,1-2H3/b7-5+. The maximum Gasteiger partial charge on any atom is 0.330 e. The van der Waals surface area contributed by atoms with Gasteiger partial charge in [-0.25, -0.2) is 4.79 Å². The normalized spacial score (nSPS) is 10.5. The van der Waals surface area contributed by atoms with Gasteiger partial charge in [-0.05, 0) is 30.7 Å². The van der Waals surface area contributed by atoms with Crippen molar-refractivity contribution >= 4 is 28.0 Å². The number of hydrogen-bond acceptors (Lipinski definition) is 4. The average Bonchev–Trinajstić information content (AvgIpc) is 2.43. The van der Waals surface area contributed by atoms with E-state index in [1.807, 2.05) is 12.1 Å². The van der Waals surface area contributed by atoms with E-state index in [-0.39, 0.29) is 5.97 Å². The van der Waals surface area contributed by atoms with Crippen molar-refractivity contribution in [1.29, 1.82) is 0 Å². The molecule has 1 aromatic carbocycles. The largest absolute Gasteiger partial charge is 0.493 e. The first-order valence-corrected chi connectivity index (χ1v) is 7.05. The third-order valence-corrected chi connectivity index (χ3v) is 2.54. The summed E-state index contributed by atoms with van der Waals surface area (Å²) < 4.78 is 15.6. The first-order chi connectivity index (χ1) is 9.21. The van der Waals surface area contributed by atoms with Gasteiger partial charge >= 0.3 is 5.97 Å². The van der Waals surface area contributed by atoms with E-state index in [0.717, 1.165) is 10.9 Å². The number of carbonyl (C=O) groups excluding carboxylic acids is 1. The Balaban J connectivity index is 2.82. The van der Waals surface area contributed by atoms with Crippen LogP contribution in [0.15, 0.2) is 24.3 Å². The number of ether oxygens (including phenoxy) is 3. The molecule has 0 amide bonds. The van der Waals surface area contributed by atoms with Gasteiger partial charge in [-0.1, -0.05) is 22.0 Å². The van der Waals surface area contributed by atoms with Crippen LogP contribution in [0.5, 0.6) is 11.5 Å². The molecule has 0 aliphatic rings. The molecule has 0 bridgehead atoms. The molecule has 0 N–H and O–H groups in total. The van der Waals surface area contributed by atoms with E-state index < -0.39 is 0 Å². The number of alkyl halides is 1. The van der Waals surface area contributed by atoms with Crippen molar-refractivity contribution in [2.45, 2.75) is 6.92 Å². The van der Waals surface area contributed by atoms with Gasteiger partial charge in [-0.3, -0.25) is 0 Å². The van der Waals surface area contributed by atoms with Gasteiger partial charge in [-0.2, -0.15) is 0 Å². The van der Waals surface area contributed by atoms with Gasteiger partial charge in [0, 0.05) is 11.4 Å². The molecule has 0 radical (unpaired) electrons. The molecule has 0 saturated carbocycles. The van der Waals surface area contributed by atoms with Gasteiger partial charge in [0.1, 0.15) is 0 Å². The van der Waals surface area contributed by atoms with E-state index in [2.05, 4.69) is 15.9 Å². The van der Waals surface area contributed by atoms with Gasteiger partial charge in [-0.15, -0.1) is 0 Å². The van der Waals surface area contributed by atoms with E-state index in [1.54, 1.807) is 26.2 Å². The van der Waals surface area contributed by atoms with Gasteiger partial charge < -0.3 is 14.2 Å². The fraction of sp³-hybridized carbons (Fsp3) is 0.357. The van der Waals surface area contributed by atoms with Crippen LogP contribution in [0.3, 0.4) is 0 Å². The Hall–Kier alpha value is -1.49. The minimum Gasteiger partial charge on any atom is -0.493 e. The fourth-order valence-corrected chi connectivity index (χ4v) is 1.57. The van der Waals surface area contributed by atoms with Crippen molar-refractivity contribution in [3.63, 3.8) is 0 Å². The highest BCUT2D eigenvalue weighted by atomic mass is 79.9. The van der Waals surface area contributed by atoms with Crippen LogP contribution in [0.25, 0.3) is 6.08 Å². The molecule has 0 aliphatic carbocycles. The summed E-state index contributed by atoms with van der Waals surface area (Å²) in [5.74, 6) is 0.948. The molecule has 0 heterocycles. The summed E-state index contributed by atoms with van der Waals surface area (Å²) in [6.45, 7) is 2.68. The van der Waals surface area contributed by atoms with Crippen molar-refractivity contribution in [2.75, 3.05) is 25.7 Å². The van der Waals surface area contributed by atoms with Crippen LogP contribution in [-0.4, -0.2) is 31.6 Å². The van der Waals surface area contributed by atoms with E-state index in [9.17, 15) is 4.79 Å². The van der Waals surface area contributed by atoms with E-state index in [4.69, 9.17) is 14.2 Å². The van der Waals surface area contributed by atoms with Gasteiger partial charge in [0.25, 0.3) is 0 Å². The predicted molar refractivity (Wildman–Crippen MR) is 78.0 cm³/mol. The van der Waals surface area contributed by atoms with Crippen LogP contribution in [0.2, 0.25) is 0 Å². The number of halogens is 1. The molecule has 0 fully saturated rings. The second kappa shape index (κ2) is 8.58. The fourth-order valence-electron chi connectivity index (χ4n) is 1.41. The van der Waals surface area contributed by atoms with Crippen LogP contribution in [0, 0.1) is 0 Å². The molecule has 104 valence electrons. The van der Waals surface area contributed by atoms with E-state index >= 15 is 0 Å². The lowest BCUT2D eigenvalue weighted by molar-refractivity contribution is -0.137. The topological polar surface area (TPSA) is 44.8 Å². The molecule has 4 nitrogen and oxygen atoms in total. The lowest BCUT2D eigenvalue weighted by Gasteiger charge is -2.10. The Kier molecular flexibility index (Phi) is 7.03. The number of methoxy groups -OCH3 is 1. The predicted octanol–water partition coefficient (Wildman–Crippen LogP) is 3.05. The summed E-state index contributed by atoms with van der Waals surface area (Å²) in [7, 11) is 1.59. The minimum absolute atomic E-state index is 0.360. The molecular formula is C14H17BrO4. The quantitative estimate of drug-likeness (QED) is 0.438. The lowest BCUT2D eigenvalue weighted by atomic mass is 10.2. The molecule has 5 heteroatoms. The SMILES string of the molecule is CCOC(=O)/C=C/c1ccc(OC)c(OCCBr)c1. The molecule has 19 heavy (non-hydrogen) atoms. The Morgan fingerprint density at radius 1 is 1.37 bits per heavy atom. The van der Waals surface area contributed by atoms with E-state index in [1.165, 1.54) is 6.08 Å². The zero-order valence-corrected chi connectivity index (χ0v) is 12.6. The van der Waals surface area contributed by atoms with Crippen LogP contribution >= 0.6 is 15.9 Å². The first kappa shape index (κ1) is 15.6. The number of esters is 1. The van der Waals surface area contributed by atoms with Crippen molar-refractivity contribution in [3.05, 3.63) is 29.8 Å². The molecule has 0 aliphatic heterocycles.